The lowest BCUT2D eigenvalue weighted by molar-refractivity contribution is -0.195. The summed E-state index contributed by atoms with van der Waals surface area (Å²) >= 11 is 0. The summed E-state index contributed by atoms with van der Waals surface area (Å²) in [5, 5.41) is 12.7. The average Bonchev–Trinajstić information content (AvgIpc) is 2.59. The number of benzene rings is 1. The highest BCUT2D eigenvalue weighted by Gasteiger charge is 2.66. The molecule has 0 unspecified atom stereocenters. The first-order valence-electron chi connectivity index (χ1n) is 8.72. The van der Waals surface area contributed by atoms with Crippen LogP contribution in [0, 0.1) is 5.41 Å². The van der Waals surface area contributed by atoms with E-state index in [0.29, 0.717) is 25.4 Å². The summed E-state index contributed by atoms with van der Waals surface area (Å²) < 4.78 is 11.2. The second-order valence-electron chi connectivity index (χ2n) is 7.30. The molecule has 25 heavy (non-hydrogen) atoms. The number of ether oxygens (including phenoxy) is 2. The second kappa shape index (κ2) is 6.33. The fourth-order valence-corrected chi connectivity index (χ4v) is 3.95. The Kier molecular flexibility index (Phi) is 4.49. The van der Waals surface area contributed by atoms with Gasteiger partial charge in [0.05, 0.1) is 18.6 Å². The van der Waals surface area contributed by atoms with Crippen LogP contribution in [0.1, 0.15) is 45.1 Å². The Bertz CT molecular complexity index is 686. The van der Waals surface area contributed by atoms with E-state index in [-0.39, 0.29) is 18.4 Å². The Morgan fingerprint density at radius 1 is 1.36 bits per heavy atom. The summed E-state index contributed by atoms with van der Waals surface area (Å²) in [6.45, 7) is 6.52. The van der Waals surface area contributed by atoms with E-state index in [9.17, 15) is 14.7 Å². The molecular formula is C19H25NO5. The minimum Gasteiger partial charge on any atom is -0.493 e. The van der Waals surface area contributed by atoms with E-state index in [4.69, 9.17) is 9.47 Å². The molecule has 1 aliphatic carbocycles. The van der Waals surface area contributed by atoms with Gasteiger partial charge in [-0.1, -0.05) is 32.0 Å². The lowest BCUT2D eigenvalue weighted by atomic mass is 9.54. The van der Waals surface area contributed by atoms with Crippen LogP contribution in [-0.4, -0.2) is 41.8 Å². The van der Waals surface area contributed by atoms with Crippen LogP contribution in [0.4, 0.5) is 0 Å². The fraction of sp³-hybridized carbons (Fsp3) is 0.579. The molecule has 1 aromatic carbocycles. The van der Waals surface area contributed by atoms with Crippen molar-refractivity contribution in [2.75, 3.05) is 13.2 Å². The molecule has 1 heterocycles. The number of hydrogen-bond acceptors (Lipinski definition) is 4. The van der Waals surface area contributed by atoms with Gasteiger partial charge in [-0.05, 0) is 19.4 Å². The molecule has 0 bridgehead atoms. The zero-order valence-electron chi connectivity index (χ0n) is 14.9. The average molecular weight is 347 g/mol. The lowest BCUT2D eigenvalue weighted by Gasteiger charge is -2.58. The number of para-hydroxylation sites is 1. The number of carbonyl (C=O) groups excluding carboxylic acids is 1. The molecule has 0 spiro atoms. The maximum atomic E-state index is 13.0. The molecule has 1 amide bonds. The third-order valence-electron chi connectivity index (χ3n) is 5.74. The molecule has 3 rings (SSSR count). The Morgan fingerprint density at radius 3 is 2.72 bits per heavy atom. The van der Waals surface area contributed by atoms with E-state index in [0.717, 1.165) is 5.56 Å². The number of rotatable bonds is 5. The summed E-state index contributed by atoms with van der Waals surface area (Å²) in [6.07, 6.45) is 0.629. The highest BCUT2D eigenvalue weighted by molar-refractivity contribution is 5.92. The highest BCUT2D eigenvalue weighted by Crippen LogP contribution is 2.52. The fourth-order valence-electron chi connectivity index (χ4n) is 3.95. The Hall–Kier alpha value is -2.08. The van der Waals surface area contributed by atoms with E-state index >= 15 is 0 Å². The van der Waals surface area contributed by atoms with Gasteiger partial charge in [-0.3, -0.25) is 4.79 Å². The van der Waals surface area contributed by atoms with Gasteiger partial charge < -0.3 is 19.9 Å². The normalized spacial score (nSPS) is 29.7. The van der Waals surface area contributed by atoms with Gasteiger partial charge in [-0.15, -0.1) is 0 Å². The van der Waals surface area contributed by atoms with E-state index < -0.39 is 22.8 Å². The van der Waals surface area contributed by atoms with Crippen LogP contribution in [0.5, 0.6) is 5.75 Å². The lowest BCUT2D eigenvalue weighted by Crippen LogP contribution is -2.76. The summed E-state index contributed by atoms with van der Waals surface area (Å²) in [4.78, 5) is 25.0. The number of amides is 1. The number of carbonyl (C=O) groups is 2. The molecule has 136 valence electrons. The zero-order valence-corrected chi connectivity index (χ0v) is 14.9. The molecular weight excluding hydrogens is 322 g/mol. The van der Waals surface area contributed by atoms with Crippen LogP contribution >= 0.6 is 0 Å². The van der Waals surface area contributed by atoms with Crippen LogP contribution in [0.2, 0.25) is 0 Å². The third kappa shape index (κ3) is 2.68. The molecule has 0 aromatic heterocycles. The summed E-state index contributed by atoms with van der Waals surface area (Å²) in [5.74, 6) is -0.982. The van der Waals surface area contributed by atoms with Crippen molar-refractivity contribution in [3.63, 3.8) is 0 Å². The van der Waals surface area contributed by atoms with Crippen LogP contribution < -0.4 is 10.1 Å². The largest absolute Gasteiger partial charge is 0.493 e. The van der Waals surface area contributed by atoms with Crippen LogP contribution in [-0.2, 0) is 14.3 Å². The quantitative estimate of drug-likeness (QED) is 0.854. The smallest absolute Gasteiger partial charge is 0.330 e. The van der Waals surface area contributed by atoms with Crippen molar-refractivity contribution in [2.24, 2.45) is 5.41 Å². The second-order valence-corrected chi connectivity index (χ2v) is 7.30. The summed E-state index contributed by atoms with van der Waals surface area (Å²) in [5.41, 5.74) is -1.18. The first-order valence-corrected chi connectivity index (χ1v) is 8.72. The molecule has 1 saturated carbocycles. The van der Waals surface area contributed by atoms with Gasteiger partial charge >= 0.3 is 5.97 Å². The van der Waals surface area contributed by atoms with Crippen molar-refractivity contribution in [1.29, 1.82) is 0 Å². The number of carboxylic acids is 1. The zero-order chi connectivity index (χ0) is 18.2. The summed E-state index contributed by atoms with van der Waals surface area (Å²) in [6, 6.07) is 7.42. The van der Waals surface area contributed by atoms with Crippen molar-refractivity contribution in [3.05, 3.63) is 29.8 Å². The third-order valence-corrected chi connectivity index (χ3v) is 5.74. The monoisotopic (exact) mass is 347 g/mol. The predicted molar refractivity (Wildman–Crippen MR) is 91.6 cm³/mol. The van der Waals surface area contributed by atoms with Crippen molar-refractivity contribution in [2.45, 2.75) is 51.2 Å². The first kappa shape index (κ1) is 17.7. The molecule has 6 nitrogen and oxygen atoms in total. The maximum absolute atomic E-state index is 13.0. The topological polar surface area (TPSA) is 84.9 Å². The van der Waals surface area contributed by atoms with Gasteiger partial charge in [0.15, 0.2) is 0 Å². The molecule has 0 saturated heterocycles. The molecule has 1 aromatic rings. The number of fused-ring (bicyclic) bond motifs is 1. The molecule has 3 atom stereocenters. The first-order chi connectivity index (χ1) is 11.8. The van der Waals surface area contributed by atoms with E-state index in [1.807, 2.05) is 45.0 Å². The SMILES string of the molecule is CCO[C@@H]1C[C@](NC(=O)[C@@H]2CCOc3ccccc32)(C(=O)O)C1(C)C. The van der Waals surface area contributed by atoms with Gasteiger partial charge in [-0.25, -0.2) is 4.79 Å². The number of carboxylic acid groups (broad SMARTS) is 1. The van der Waals surface area contributed by atoms with Gasteiger partial charge in [-0.2, -0.15) is 0 Å². The molecule has 0 radical (unpaired) electrons. The van der Waals surface area contributed by atoms with Crippen LogP contribution in [0.25, 0.3) is 0 Å². The number of nitrogens with one attached hydrogen (secondary N) is 1. The molecule has 2 aliphatic rings. The Balaban J connectivity index is 1.83. The highest BCUT2D eigenvalue weighted by atomic mass is 16.5. The Labute approximate surface area is 147 Å². The van der Waals surface area contributed by atoms with Crippen molar-refractivity contribution in [3.8, 4) is 5.75 Å². The van der Waals surface area contributed by atoms with E-state index in [2.05, 4.69) is 5.32 Å². The minimum absolute atomic E-state index is 0.184. The van der Waals surface area contributed by atoms with Crippen molar-refractivity contribution >= 4 is 11.9 Å². The predicted octanol–water partition coefficient (Wildman–Crippen LogP) is 2.33. The van der Waals surface area contributed by atoms with Gasteiger partial charge in [0.1, 0.15) is 11.3 Å². The van der Waals surface area contributed by atoms with Gasteiger partial charge in [0.2, 0.25) is 5.91 Å². The summed E-state index contributed by atoms with van der Waals surface area (Å²) in [7, 11) is 0. The van der Waals surface area contributed by atoms with E-state index in [1.165, 1.54) is 0 Å². The van der Waals surface area contributed by atoms with Gasteiger partial charge in [0.25, 0.3) is 0 Å². The van der Waals surface area contributed by atoms with Gasteiger partial charge in [0, 0.05) is 24.0 Å². The van der Waals surface area contributed by atoms with Crippen molar-refractivity contribution in [1.82, 2.24) is 5.32 Å². The van der Waals surface area contributed by atoms with Crippen LogP contribution in [0.15, 0.2) is 24.3 Å². The molecule has 6 heteroatoms. The van der Waals surface area contributed by atoms with E-state index in [1.54, 1.807) is 0 Å². The molecule has 1 aliphatic heterocycles. The standard InChI is InChI=1S/C19H25NO5/c1-4-24-15-11-19(17(22)23,18(15,2)3)20-16(21)13-9-10-25-14-8-6-5-7-12(13)14/h5-8,13,15H,4,9-11H2,1-3H3,(H,20,21)(H,22,23)/t13-,15-,19+/m1/s1. The van der Waals surface area contributed by atoms with Crippen molar-refractivity contribution < 1.29 is 24.2 Å². The maximum Gasteiger partial charge on any atom is 0.330 e. The number of aliphatic carboxylic acids is 1. The molecule has 2 N–H and O–H groups in total. The van der Waals surface area contributed by atoms with Crippen LogP contribution in [0.3, 0.4) is 0 Å². The minimum atomic E-state index is -1.31. The Morgan fingerprint density at radius 2 is 2.08 bits per heavy atom. The number of hydrogen-bond donors (Lipinski definition) is 2. The molecule has 1 fully saturated rings.